The van der Waals surface area contributed by atoms with Crippen molar-refractivity contribution in [3.8, 4) is 0 Å². The third-order valence-corrected chi connectivity index (χ3v) is 4.48. The maximum absolute atomic E-state index is 13.8. The lowest BCUT2D eigenvalue weighted by Gasteiger charge is -2.18. The van der Waals surface area contributed by atoms with Crippen LogP contribution in [0.3, 0.4) is 0 Å². The van der Waals surface area contributed by atoms with Crippen molar-refractivity contribution >= 4 is 35.8 Å². The molecule has 1 atom stereocenters. The molecule has 0 aromatic heterocycles. The Morgan fingerprint density at radius 2 is 1.97 bits per heavy atom. The van der Waals surface area contributed by atoms with Gasteiger partial charge in [-0.25, -0.2) is 4.39 Å². The number of benzene rings is 2. The lowest BCUT2D eigenvalue weighted by atomic mass is 10.1. The summed E-state index contributed by atoms with van der Waals surface area (Å²) in [6.07, 6.45) is 0.717. The van der Waals surface area contributed by atoms with Crippen LogP contribution >= 0.6 is 24.0 Å². The van der Waals surface area contributed by atoms with Gasteiger partial charge in [-0.2, -0.15) is 0 Å². The fraction of sp³-hybridized carbons (Fsp3) is 0.364. The summed E-state index contributed by atoms with van der Waals surface area (Å²) in [4.78, 5) is 16.4. The van der Waals surface area contributed by atoms with Crippen molar-refractivity contribution in [1.29, 1.82) is 0 Å². The number of carbonyl (C=O) groups is 1. The van der Waals surface area contributed by atoms with Crippen LogP contribution in [-0.2, 0) is 6.42 Å². The minimum Gasteiger partial charge on any atom is -0.357 e. The zero-order chi connectivity index (χ0) is 20.5. The number of nitrogens with zero attached hydrogens (tertiary/aromatic N) is 1. The number of halogens is 2. The zero-order valence-electron chi connectivity index (χ0n) is 17.4. The largest absolute Gasteiger partial charge is 0.357 e. The Kier molecular flexibility index (Phi) is 10.6. The molecule has 7 heteroatoms. The van der Waals surface area contributed by atoms with Crippen molar-refractivity contribution < 1.29 is 9.18 Å². The number of carbonyl (C=O) groups excluding carboxylic acids is 1. The van der Waals surface area contributed by atoms with Crippen molar-refractivity contribution in [2.24, 2.45) is 4.99 Å². The van der Waals surface area contributed by atoms with Crippen molar-refractivity contribution in [2.75, 3.05) is 20.1 Å². The van der Waals surface area contributed by atoms with Crippen LogP contribution in [0.25, 0.3) is 0 Å². The maximum Gasteiger partial charge on any atom is 0.251 e. The summed E-state index contributed by atoms with van der Waals surface area (Å²) in [7, 11) is 1.62. The average Bonchev–Trinajstić information content (AvgIpc) is 2.69. The Bertz CT molecular complexity index is 841. The van der Waals surface area contributed by atoms with Gasteiger partial charge in [0.1, 0.15) is 5.82 Å². The first kappa shape index (κ1) is 24.9. The topological polar surface area (TPSA) is 65.5 Å². The molecule has 5 nitrogen and oxygen atoms in total. The van der Waals surface area contributed by atoms with Gasteiger partial charge in [0.2, 0.25) is 0 Å². The minimum absolute atomic E-state index is 0. The lowest BCUT2D eigenvalue weighted by Crippen LogP contribution is -2.39. The van der Waals surface area contributed by atoms with Gasteiger partial charge in [0.25, 0.3) is 5.91 Å². The summed E-state index contributed by atoms with van der Waals surface area (Å²) in [6.45, 7) is 7.03. The van der Waals surface area contributed by atoms with E-state index in [1.807, 2.05) is 38.1 Å². The van der Waals surface area contributed by atoms with E-state index >= 15 is 0 Å². The molecule has 2 aromatic carbocycles. The molecule has 29 heavy (non-hydrogen) atoms. The van der Waals surface area contributed by atoms with Crippen LogP contribution < -0.4 is 16.0 Å². The molecule has 3 N–H and O–H groups in total. The Hall–Kier alpha value is -2.16. The van der Waals surface area contributed by atoms with Crippen LogP contribution in [0.2, 0.25) is 0 Å². The van der Waals surface area contributed by atoms with Crippen molar-refractivity contribution in [3.63, 3.8) is 0 Å². The molecule has 0 fully saturated rings. The highest BCUT2D eigenvalue weighted by molar-refractivity contribution is 14.0. The second kappa shape index (κ2) is 12.4. The quantitative estimate of drug-likeness (QED) is 0.299. The molecule has 0 radical (unpaired) electrons. The van der Waals surface area contributed by atoms with Crippen LogP contribution in [0.15, 0.2) is 47.5 Å². The highest BCUT2D eigenvalue weighted by Crippen LogP contribution is 2.16. The van der Waals surface area contributed by atoms with Gasteiger partial charge in [-0.1, -0.05) is 24.3 Å². The number of hydrogen-bond donors (Lipinski definition) is 3. The number of nitrogens with one attached hydrogen (secondary N) is 3. The van der Waals surface area contributed by atoms with E-state index in [-0.39, 0.29) is 41.7 Å². The number of aryl methyl sites for hydroxylation is 1. The predicted octanol–water partition coefficient (Wildman–Crippen LogP) is 3.97. The predicted molar refractivity (Wildman–Crippen MR) is 128 cm³/mol. The normalized spacial score (nSPS) is 12.0. The van der Waals surface area contributed by atoms with Crippen molar-refractivity contribution in [3.05, 3.63) is 70.5 Å². The highest BCUT2D eigenvalue weighted by atomic mass is 127. The van der Waals surface area contributed by atoms with Crippen LogP contribution in [-0.4, -0.2) is 32.0 Å². The number of amides is 1. The van der Waals surface area contributed by atoms with Crippen LogP contribution in [0.4, 0.5) is 4.39 Å². The fourth-order valence-corrected chi connectivity index (χ4v) is 2.80. The Balaban J connectivity index is 0.00000420. The van der Waals surface area contributed by atoms with Gasteiger partial charge in [-0.3, -0.25) is 9.79 Å². The molecule has 0 aliphatic rings. The van der Waals surface area contributed by atoms with Crippen LogP contribution in [0.5, 0.6) is 0 Å². The summed E-state index contributed by atoms with van der Waals surface area (Å²) < 4.78 is 13.8. The van der Waals surface area contributed by atoms with E-state index in [0.29, 0.717) is 23.6 Å². The van der Waals surface area contributed by atoms with Gasteiger partial charge < -0.3 is 16.0 Å². The lowest BCUT2D eigenvalue weighted by molar-refractivity contribution is 0.0963. The Morgan fingerprint density at radius 3 is 2.62 bits per heavy atom. The second-order valence-corrected chi connectivity index (χ2v) is 6.66. The minimum atomic E-state index is -0.205. The van der Waals surface area contributed by atoms with Crippen molar-refractivity contribution in [2.45, 2.75) is 33.2 Å². The standard InChI is InChI=1S/C22H29FN4O.HI/c1-5-25-22(27-16(3)18-10-9-15(2)20(23)14-18)26-12-11-17-7-6-8-19(13-17)21(28)24-4;/h6-10,13-14,16H,5,11-12H2,1-4H3,(H,24,28)(H2,25,26,27);1H. The molecule has 0 saturated heterocycles. The fourth-order valence-electron chi connectivity index (χ4n) is 2.80. The van der Waals surface area contributed by atoms with E-state index in [2.05, 4.69) is 20.9 Å². The highest BCUT2D eigenvalue weighted by Gasteiger charge is 2.10. The van der Waals surface area contributed by atoms with Crippen molar-refractivity contribution in [1.82, 2.24) is 16.0 Å². The van der Waals surface area contributed by atoms with Gasteiger partial charge in [0.15, 0.2) is 5.96 Å². The SMILES string of the molecule is CCNC(=NCCc1cccc(C(=O)NC)c1)NC(C)c1ccc(C)c(F)c1.I. The van der Waals surface area contributed by atoms with Crippen LogP contribution in [0, 0.1) is 12.7 Å². The van der Waals surface area contributed by atoms with Gasteiger partial charge in [0.05, 0.1) is 6.04 Å². The molecule has 2 aromatic rings. The summed E-state index contributed by atoms with van der Waals surface area (Å²) in [6, 6.07) is 12.7. The third-order valence-electron chi connectivity index (χ3n) is 4.48. The maximum atomic E-state index is 13.8. The molecular weight excluding hydrogens is 482 g/mol. The summed E-state index contributed by atoms with van der Waals surface area (Å²) >= 11 is 0. The number of aliphatic imine (C=N–C) groups is 1. The smallest absolute Gasteiger partial charge is 0.251 e. The second-order valence-electron chi connectivity index (χ2n) is 6.66. The number of rotatable bonds is 7. The molecule has 0 spiro atoms. The summed E-state index contributed by atoms with van der Waals surface area (Å²) in [5.74, 6) is 0.377. The zero-order valence-corrected chi connectivity index (χ0v) is 19.7. The number of guanidine groups is 1. The molecule has 0 saturated carbocycles. The third kappa shape index (κ3) is 7.64. The van der Waals surface area contributed by atoms with E-state index in [0.717, 1.165) is 24.1 Å². The van der Waals surface area contributed by atoms with Crippen LogP contribution in [0.1, 0.15) is 46.9 Å². The Labute approximate surface area is 189 Å². The van der Waals surface area contributed by atoms with Gasteiger partial charge >= 0.3 is 0 Å². The molecule has 1 amide bonds. The first-order chi connectivity index (χ1) is 13.4. The van der Waals surface area contributed by atoms with E-state index in [1.165, 1.54) is 0 Å². The van der Waals surface area contributed by atoms with E-state index in [1.54, 1.807) is 32.2 Å². The van der Waals surface area contributed by atoms with E-state index in [9.17, 15) is 9.18 Å². The van der Waals surface area contributed by atoms with E-state index < -0.39 is 0 Å². The molecular formula is C22H30FIN4O. The number of hydrogen-bond acceptors (Lipinski definition) is 2. The molecule has 2 rings (SSSR count). The molecule has 1 unspecified atom stereocenters. The first-order valence-electron chi connectivity index (χ1n) is 9.56. The summed E-state index contributed by atoms with van der Waals surface area (Å²) in [5, 5.41) is 9.16. The molecule has 0 aliphatic carbocycles. The molecule has 0 bridgehead atoms. The van der Waals surface area contributed by atoms with Gasteiger partial charge in [-0.15, -0.1) is 24.0 Å². The molecule has 0 heterocycles. The van der Waals surface area contributed by atoms with Gasteiger partial charge in [-0.05, 0) is 62.1 Å². The Morgan fingerprint density at radius 1 is 1.21 bits per heavy atom. The molecule has 0 aliphatic heterocycles. The molecule has 158 valence electrons. The average molecular weight is 512 g/mol. The summed E-state index contributed by atoms with van der Waals surface area (Å²) in [5.41, 5.74) is 3.20. The first-order valence-corrected chi connectivity index (χ1v) is 9.56. The van der Waals surface area contributed by atoms with E-state index in [4.69, 9.17) is 0 Å². The monoisotopic (exact) mass is 512 g/mol. The van der Waals surface area contributed by atoms with Gasteiger partial charge in [0, 0.05) is 25.7 Å².